The van der Waals surface area contributed by atoms with Crippen molar-refractivity contribution in [3.63, 3.8) is 0 Å². The van der Waals surface area contributed by atoms with Gasteiger partial charge in [-0.1, -0.05) is 12.1 Å². The van der Waals surface area contributed by atoms with Crippen LogP contribution in [0.15, 0.2) is 24.3 Å². The van der Waals surface area contributed by atoms with E-state index in [2.05, 4.69) is 0 Å². The highest BCUT2D eigenvalue weighted by atomic mass is 19.3. The van der Waals surface area contributed by atoms with Crippen LogP contribution in [0, 0.1) is 0 Å². The number of ether oxygens (including phenoxy) is 1. The van der Waals surface area contributed by atoms with Crippen molar-refractivity contribution in [3.05, 3.63) is 29.8 Å². The third kappa shape index (κ3) is 4.12. The SMILES string of the molecule is CC(F)(F)COc1ccc(C(N)CO)cc1. The molecule has 5 heteroatoms. The van der Waals surface area contributed by atoms with Crippen LogP contribution in [0.1, 0.15) is 18.5 Å². The Morgan fingerprint density at radius 3 is 2.38 bits per heavy atom. The molecule has 0 saturated heterocycles. The number of benzene rings is 1. The summed E-state index contributed by atoms with van der Waals surface area (Å²) in [5.74, 6) is -2.49. The minimum absolute atomic E-state index is 0.159. The number of rotatable bonds is 5. The van der Waals surface area contributed by atoms with Crippen molar-refractivity contribution < 1.29 is 18.6 Å². The van der Waals surface area contributed by atoms with Gasteiger partial charge in [-0.3, -0.25) is 0 Å². The second-order valence-corrected chi connectivity index (χ2v) is 3.72. The lowest BCUT2D eigenvalue weighted by atomic mass is 10.1. The smallest absolute Gasteiger partial charge is 0.278 e. The summed E-state index contributed by atoms with van der Waals surface area (Å²) >= 11 is 0. The molecule has 0 aliphatic heterocycles. The standard InChI is InChI=1S/C11H15F2NO2/c1-11(12,13)7-16-9-4-2-8(3-5-9)10(14)6-15/h2-5,10,15H,6-7,14H2,1H3. The lowest BCUT2D eigenvalue weighted by molar-refractivity contribution is -0.0229. The predicted octanol–water partition coefficient (Wildman–Crippen LogP) is 1.71. The second-order valence-electron chi connectivity index (χ2n) is 3.72. The van der Waals surface area contributed by atoms with Crippen molar-refractivity contribution in [3.8, 4) is 5.75 Å². The van der Waals surface area contributed by atoms with Gasteiger partial charge in [0.2, 0.25) is 0 Å². The molecule has 3 N–H and O–H groups in total. The molecular weight excluding hydrogens is 216 g/mol. The van der Waals surface area contributed by atoms with Gasteiger partial charge in [0.1, 0.15) is 5.75 Å². The van der Waals surface area contributed by atoms with Gasteiger partial charge in [-0.25, -0.2) is 8.78 Å². The number of halogens is 2. The molecular formula is C11H15F2NO2. The molecule has 0 heterocycles. The van der Waals surface area contributed by atoms with Crippen molar-refractivity contribution in [2.45, 2.75) is 18.9 Å². The van der Waals surface area contributed by atoms with Gasteiger partial charge >= 0.3 is 0 Å². The fourth-order valence-corrected chi connectivity index (χ4v) is 1.13. The minimum atomic E-state index is -2.85. The zero-order chi connectivity index (χ0) is 12.2. The number of hydrogen-bond acceptors (Lipinski definition) is 3. The van der Waals surface area contributed by atoms with Crippen LogP contribution in [0.3, 0.4) is 0 Å². The van der Waals surface area contributed by atoms with Gasteiger partial charge in [-0.05, 0) is 17.7 Å². The first-order valence-corrected chi connectivity index (χ1v) is 4.89. The lowest BCUT2D eigenvalue weighted by Crippen LogP contribution is -2.21. The average Bonchev–Trinajstić information content (AvgIpc) is 2.25. The highest BCUT2D eigenvalue weighted by Gasteiger charge is 2.21. The van der Waals surface area contributed by atoms with E-state index in [9.17, 15) is 8.78 Å². The molecule has 90 valence electrons. The van der Waals surface area contributed by atoms with E-state index in [4.69, 9.17) is 15.6 Å². The molecule has 0 aliphatic carbocycles. The molecule has 0 aromatic heterocycles. The first kappa shape index (κ1) is 12.9. The number of aliphatic hydroxyl groups is 1. The topological polar surface area (TPSA) is 55.5 Å². The highest BCUT2D eigenvalue weighted by molar-refractivity contribution is 5.29. The number of nitrogens with two attached hydrogens (primary N) is 1. The first-order chi connectivity index (χ1) is 7.42. The molecule has 0 aliphatic rings. The molecule has 1 aromatic carbocycles. The van der Waals surface area contributed by atoms with Crippen molar-refractivity contribution in [2.24, 2.45) is 5.73 Å². The molecule has 0 bridgehead atoms. The summed E-state index contributed by atoms with van der Waals surface area (Å²) < 4.78 is 29.9. The van der Waals surface area contributed by atoms with Gasteiger partial charge in [0.05, 0.1) is 12.6 Å². The molecule has 3 nitrogen and oxygen atoms in total. The monoisotopic (exact) mass is 231 g/mol. The maximum absolute atomic E-state index is 12.5. The van der Waals surface area contributed by atoms with Crippen LogP contribution >= 0.6 is 0 Å². The molecule has 1 atom stereocenters. The molecule has 0 fully saturated rings. The second kappa shape index (κ2) is 5.23. The van der Waals surface area contributed by atoms with E-state index in [0.717, 1.165) is 12.5 Å². The Labute approximate surface area is 92.8 Å². The van der Waals surface area contributed by atoms with E-state index < -0.39 is 18.6 Å². The molecule has 0 saturated carbocycles. The van der Waals surface area contributed by atoms with Crippen molar-refractivity contribution in [1.82, 2.24) is 0 Å². The zero-order valence-electron chi connectivity index (χ0n) is 8.99. The summed E-state index contributed by atoms with van der Waals surface area (Å²) in [7, 11) is 0. The summed E-state index contributed by atoms with van der Waals surface area (Å²) in [5.41, 5.74) is 6.31. The van der Waals surface area contributed by atoms with Crippen molar-refractivity contribution >= 4 is 0 Å². The Bertz CT molecular complexity index is 322. The Morgan fingerprint density at radius 1 is 1.38 bits per heavy atom. The van der Waals surface area contributed by atoms with E-state index in [-0.39, 0.29) is 6.61 Å². The van der Waals surface area contributed by atoms with E-state index in [1.165, 1.54) is 0 Å². The summed E-state index contributed by atoms with van der Waals surface area (Å²) in [6.07, 6.45) is 0. The normalized spacial score (nSPS) is 13.6. The van der Waals surface area contributed by atoms with Crippen LogP contribution < -0.4 is 10.5 Å². The Hall–Kier alpha value is -1.20. The average molecular weight is 231 g/mol. The zero-order valence-corrected chi connectivity index (χ0v) is 8.99. The van der Waals surface area contributed by atoms with Crippen LogP contribution in [0.5, 0.6) is 5.75 Å². The molecule has 0 radical (unpaired) electrons. The van der Waals surface area contributed by atoms with Crippen LogP contribution in [-0.2, 0) is 0 Å². The quantitative estimate of drug-likeness (QED) is 0.811. The molecule has 1 rings (SSSR count). The van der Waals surface area contributed by atoms with E-state index >= 15 is 0 Å². The number of alkyl halides is 2. The largest absolute Gasteiger partial charge is 0.487 e. The van der Waals surface area contributed by atoms with E-state index in [1.54, 1.807) is 24.3 Å². The van der Waals surface area contributed by atoms with Crippen LogP contribution in [-0.4, -0.2) is 24.2 Å². The Kier molecular flexibility index (Phi) is 4.20. The van der Waals surface area contributed by atoms with Gasteiger partial charge in [0, 0.05) is 6.92 Å². The maximum Gasteiger partial charge on any atom is 0.278 e. The van der Waals surface area contributed by atoms with Gasteiger partial charge in [0.15, 0.2) is 6.61 Å². The van der Waals surface area contributed by atoms with Gasteiger partial charge in [0.25, 0.3) is 5.92 Å². The predicted molar refractivity (Wildman–Crippen MR) is 56.6 cm³/mol. The summed E-state index contributed by atoms with van der Waals surface area (Å²) in [6, 6.07) is 5.93. The third-order valence-corrected chi connectivity index (χ3v) is 2.00. The molecule has 0 spiro atoms. The number of aliphatic hydroxyl groups excluding tert-OH is 1. The van der Waals surface area contributed by atoms with E-state index in [1.807, 2.05) is 0 Å². The minimum Gasteiger partial charge on any atom is -0.487 e. The van der Waals surface area contributed by atoms with Crippen LogP contribution in [0.2, 0.25) is 0 Å². The molecule has 16 heavy (non-hydrogen) atoms. The van der Waals surface area contributed by atoms with Crippen LogP contribution in [0.4, 0.5) is 8.78 Å². The van der Waals surface area contributed by atoms with Crippen molar-refractivity contribution in [1.29, 1.82) is 0 Å². The summed E-state index contributed by atoms with van der Waals surface area (Å²) in [6.45, 7) is -0.0192. The Morgan fingerprint density at radius 2 is 1.94 bits per heavy atom. The summed E-state index contributed by atoms with van der Waals surface area (Å²) in [5, 5.41) is 8.81. The van der Waals surface area contributed by atoms with Crippen molar-refractivity contribution in [2.75, 3.05) is 13.2 Å². The molecule has 0 amide bonds. The first-order valence-electron chi connectivity index (χ1n) is 4.89. The Balaban J connectivity index is 2.58. The van der Waals surface area contributed by atoms with Gasteiger partial charge in [-0.2, -0.15) is 0 Å². The van der Waals surface area contributed by atoms with Gasteiger partial charge < -0.3 is 15.6 Å². The highest BCUT2D eigenvalue weighted by Crippen LogP contribution is 2.19. The lowest BCUT2D eigenvalue weighted by Gasteiger charge is -2.13. The number of hydrogen-bond donors (Lipinski definition) is 2. The van der Waals surface area contributed by atoms with Crippen LogP contribution in [0.25, 0.3) is 0 Å². The maximum atomic E-state index is 12.5. The molecule has 1 aromatic rings. The fraction of sp³-hybridized carbons (Fsp3) is 0.455. The van der Waals surface area contributed by atoms with Gasteiger partial charge in [-0.15, -0.1) is 0 Å². The fourth-order valence-electron chi connectivity index (χ4n) is 1.13. The van der Waals surface area contributed by atoms with E-state index in [0.29, 0.717) is 5.75 Å². The molecule has 1 unspecified atom stereocenters. The third-order valence-electron chi connectivity index (χ3n) is 2.00. The summed E-state index contributed by atoms with van der Waals surface area (Å²) in [4.78, 5) is 0.